The molecule has 7 nitrogen and oxygen atoms in total. The first kappa shape index (κ1) is 25.6. The molecule has 1 heterocycles. The number of nitrogens with one attached hydrogen (secondary N) is 3. The zero-order chi connectivity index (χ0) is 19.4. The van der Waals surface area contributed by atoms with Crippen LogP contribution >= 0.6 is 24.0 Å². The van der Waals surface area contributed by atoms with Crippen molar-refractivity contribution in [3.8, 4) is 0 Å². The van der Waals surface area contributed by atoms with Gasteiger partial charge in [-0.15, -0.1) is 24.0 Å². The predicted octanol–water partition coefficient (Wildman–Crippen LogP) is 2.95. The number of aliphatic imine (C=N–C) groups is 1. The van der Waals surface area contributed by atoms with Gasteiger partial charge in [0.2, 0.25) is 5.91 Å². The van der Waals surface area contributed by atoms with Crippen molar-refractivity contribution in [3.63, 3.8) is 0 Å². The summed E-state index contributed by atoms with van der Waals surface area (Å²) in [5.74, 6) is 1.66. The maximum Gasteiger partial charge on any atom is 0.227 e. The monoisotopic (exact) mass is 491 g/mol. The number of aromatic nitrogens is 1. The minimum atomic E-state index is -0.0812. The van der Waals surface area contributed by atoms with Gasteiger partial charge in [0, 0.05) is 38.9 Å². The standard InChI is InChI=1S/C19H33N5O2.HI/c1-6-26-16(14(2)3)10-12-21-19(20-5)22-13-11-18(25)24-17-9-7-8-15(4)23-17;/h7-9,14,16H,6,10-13H2,1-5H3,(H2,20,21,22)(H,23,24,25);1H. The molecule has 1 unspecified atom stereocenters. The summed E-state index contributed by atoms with van der Waals surface area (Å²) in [6.07, 6.45) is 1.48. The van der Waals surface area contributed by atoms with Crippen molar-refractivity contribution < 1.29 is 9.53 Å². The van der Waals surface area contributed by atoms with E-state index in [1.165, 1.54) is 0 Å². The van der Waals surface area contributed by atoms with Gasteiger partial charge in [-0.1, -0.05) is 19.9 Å². The first-order valence-electron chi connectivity index (χ1n) is 9.25. The number of amides is 1. The highest BCUT2D eigenvalue weighted by Crippen LogP contribution is 2.09. The zero-order valence-electron chi connectivity index (χ0n) is 17.0. The van der Waals surface area contributed by atoms with E-state index in [1.54, 1.807) is 13.1 Å². The van der Waals surface area contributed by atoms with E-state index in [9.17, 15) is 4.79 Å². The number of nitrogens with zero attached hydrogens (tertiary/aromatic N) is 2. The Balaban J connectivity index is 0.00000676. The van der Waals surface area contributed by atoms with E-state index in [0.717, 1.165) is 25.3 Å². The second-order valence-corrected chi connectivity index (χ2v) is 6.41. The van der Waals surface area contributed by atoms with Crippen LogP contribution in [0, 0.1) is 12.8 Å². The Hall–Kier alpha value is -1.42. The zero-order valence-corrected chi connectivity index (χ0v) is 19.4. The van der Waals surface area contributed by atoms with Crippen molar-refractivity contribution in [1.29, 1.82) is 0 Å². The number of aryl methyl sites for hydroxylation is 1. The molecule has 1 aromatic rings. The molecule has 27 heavy (non-hydrogen) atoms. The molecule has 8 heteroatoms. The molecule has 0 aliphatic carbocycles. The first-order valence-corrected chi connectivity index (χ1v) is 9.25. The fraction of sp³-hybridized carbons (Fsp3) is 0.632. The SMILES string of the molecule is CCOC(CCNC(=NC)NCCC(=O)Nc1cccc(C)n1)C(C)C.I. The molecule has 1 aromatic heterocycles. The Morgan fingerprint density at radius 1 is 1.26 bits per heavy atom. The molecule has 0 aromatic carbocycles. The lowest BCUT2D eigenvalue weighted by Gasteiger charge is -2.21. The summed E-state index contributed by atoms with van der Waals surface area (Å²) >= 11 is 0. The van der Waals surface area contributed by atoms with E-state index in [0.29, 0.717) is 30.7 Å². The number of ether oxygens (including phenoxy) is 1. The Labute approximate surface area is 180 Å². The summed E-state index contributed by atoms with van der Waals surface area (Å²) in [5.41, 5.74) is 0.872. The van der Waals surface area contributed by atoms with E-state index >= 15 is 0 Å². The minimum absolute atomic E-state index is 0. The number of hydrogen-bond acceptors (Lipinski definition) is 4. The molecule has 1 atom stereocenters. The lowest BCUT2D eigenvalue weighted by Crippen LogP contribution is -2.40. The van der Waals surface area contributed by atoms with Gasteiger partial charge >= 0.3 is 0 Å². The van der Waals surface area contributed by atoms with Crippen LogP contribution < -0.4 is 16.0 Å². The second-order valence-electron chi connectivity index (χ2n) is 6.41. The van der Waals surface area contributed by atoms with E-state index in [2.05, 4.69) is 39.8 Å². The smallest absolute Gasteiger partial charge is 0.227 e. The highest BCUT2D eigenvalue weighted by Gasteiger charge is 2.13. The Bertz CT molecular complexity index is 581. The van der Waals surface area contributed by atoms with Crippen LogP contribution in [0.1, 0.15) is 39.3 Å². The molecule has 0 aliphatic heterocycles. The minimum Gasteiger partial charge on any atom is -0.378 e. The van der Waals surface area contributed by atoms with E-state index in [1.807, 2.05) is 26.0 Å². The number of carbonyl (C=O) groups is 1. The number of pyridine rings is 1. The van der Waals surface area contributed by atoms with Gasteiger partial charge < -0.3 is 20.7 Å². The van der Waals surface area contributed by atoms with Crippen molar-refractivity contribution in [2.24, 2.45) is 10.9 Å². The van der Waals surface area contributed by atoms with Crippen molar-refractivity contribution in [3.05, 3.63) is 23.9 Å². The average Bonchev–Trinajstić information content (AvgIpc) is 2.59. The molecule has 154 valence electrons. The van der Waals surface area contributed by atoms with Gasteiger partial charge in [-0.2, -0.15) is 0 Å². The van der Waals surface area contributed by atoms with Crippen LogP contribution in [0.15, 0.2) is 23.2 Å². The molecule has 0 saturated heterocycles. The van der Waals surface area contributed by atoms with Gasteiger partial charge in [-0.3, -0.25) is 9.79 Å². The summed E-state index contributed by atoms with van der Waals surface area (Å²) in [4.78, 5) is 20.4. The number of hydrogen-bond donors (Lipinski definition) is 3. The largest absolute Gasteiger partial charge is 0.378 e. The third kappa shape index (κ3) is 11.1. The third-order valence-electron chi connectivity index (χ3n) is 3.87. The van der Waals surface area contributed by atoms with Gasteiger partial charge in [0.1, 0.15) is 5.82 Å². The summed E-state index contributed by atoms with van der Waals surface area (Å²) in [5, 5.41) is 9.20. The van der Waals surface area contributed by atoms with E-state index in [4.69, 9.17) is 4.74 Å². The molecular formula is C19H34IN5O2. The molecule has 0 spiro atoms. The highest BCUT2D eigenvalue weighted by atomic mass is 127. The quantitative estimate of drug-likeness (QED) is 0.266. The molecule has 0 saturated carbocycles. The number of carbonyl (C=O) groups excluding carboxylic acids is 1. The third-order valence-corrected chi connectivity index (χ3v) is 3.87. The Kier molecular flexibility index (Phi) is 13.8. The highest BCUT2D eigenvalue weighted by molar-refractivity contribution is 14.0. The van der Waals surface area contributed by atoms with Gasteiger partial charge in [0.15, 0.2) is 5.96 Å². The Morgan fingerprint density at radius 3 is 2.56 bits per heavy atom. The molecule has 0 aliphatic rings. The van der Waals surface area contributed by atoms with Crippen LogP contribution in [0.2, 0.25) is 0 Å². The first-order chi connectivity index (χ1) is 12.5. The molecule has 0 radical (unpaired) electrons. The molecule has 3 N–H and O–H groups in total. The Morgan fingerprint density at radius 2 is 1.96 bits per heavy atom. The van der Waals surface area contributed by atoms with Crippen LogP contribution in [-0.4, -0.2) is 49.7 Å². The van der Waals surface area contributed by atoms with Crippen molar-refractivity contribution in [1.82, 2.24) is 15.6 Å². The van der Waals surface area contributed by atoms with Gasteiger partial charge in [0.25, 0.3) is 0 Å². The molecule has 0 fully saturated rings. The van der Waals surface area contributed by atoms with Crippen molar-refractivity contribution >= 4 is 41.7 Å². The van der Waals surface area contributed by atoms with Crippen LogP contribution in [0.3, 0.4) is 0 Å². The normalized spacial score (nSPS) is 12.3. The number of rotatable bonds is 10. The van der Waals surface area contributed by atoms with Gasteiger partial charge in [0.05, 0.1) is 6.10 Å². The summed E-state index contributed by atoms with van der Waals surface area (Å²) in [7, 11) is 1.72. The summed E-state index contributed by atoms with van der Waals surface area (Å²) in [6, 6.07) is 5.54. The summed E-state index contributed by atoms with van der Waals surface area (Å²) in [6.45, 7) is 10.2. The van der Waals surface area contributed by atoms with Crippen LogP contribution in [0.5, 0.6) is 0 Å². The fourth-order valence-corrected chi connectivity index (χ4v) is 2.49. The predicted molar refractivity (Wildman–Crippen MR) is 122 cm³/mol. The lowest BCUT2D eigenvalue weighted by molar-refractivity contribution is -0.116. The summed E-state index contributed by atoms with van der Waals surface area (Å²) < 4.78 is 5.74. The topological polar surface area (TPSA) is 87.6 Å². The fourth-order valence-electron chi connectivity index (χ4n) is 2.49. The van der Waals surface area contributed by atoms with Crippen LogP contribution in [0.25, 0.3) is 0 Å². The molecule has 1 amide bonds. The second kappa shape index (κ2) is 14.6. The van der Waals surface area contributed by atoms with Gasteiger partial charge in [-0.05, 0) is 38.3 Å². The van der Waals surface area contributed by atoms with Crippen molar-refractivity contribution in [2.45, 2.75) is 46.6 Å². The molecule has 1 rings (SSSR count). The van der Waals surface area contributed by atoms with Crippen LogP contribution in [0.4, 0.5) is 5.82 Å². The molecule has 0 bridgehead atoms. The van der Waals surface area contributed by atoms with Crippen molar-refractivity contribution in [2.75, 3.05) is 32.1 Å². The van der Waals surface area contributed by atoms with Crippen LogP contribution in [-0.2, 0) is 9.53 Å². The number of halogens is 1. The maximum atomic E-state index is 12.0. The number of anilines is 1. The van der Waals surface area contributed by atoms with E-state index in [-0.39, 0.29) is 36.0 Å². The number of guanidine groups is 1. The maximum absolute atomic E-state index is 12.0. The van der Waals surface area contributed by atoms with E-state index < -0.39 is 0 Å². The molecular weight excluding hydrogens is 457 g/mol. The van der Waals surface area contributed by atoms with Gasteiger partial charge in [-0.25, -0.2) is 4.98 Å². The average molecular weight is 491 g/mol. The lowest BCUT2D eigenvalue weighted by atomic mass is 10.0.